The summed E-state index contributed by atoms with van der Waals surface area (Å²) in [7, 11) is 0. The molecule has 0 aliphatic heterocycles. The molecule has 0 aromatic carbocycles. The molecule has 1 aromatic heterocycles. The van der Waals surface area contributed by atoms with E-state index >= 15 is 0 Å². The van der Waals surface area contributed by atoms with Gasteiger partial charge in [-0.05, 0) is 18.2 Å². The highest BCUT2D eigenvalue weighted by Crippen LogP contribution is 2.22. The van der Waals surface area contributed by atoms with Gasteiger partial charge in [0, 0.05) is 17.5 Å². The lowest BCUT2D eigenvalue weighted by Crippen LogP contribution is -2.32. The third-order valence-corrected chi connectivity index (χ3v) is 2.91. The molecule has 0 aliphatic carbocycles. The third kappa shape index (κ3) is 4.76. The van der Waals surface area contributed by atoms with E-state index in [1.807, 2.05) is 0 Å². The standard InChI is InChI=1S/C10H12ClNO3S/c11-9-3-1-8(16-9)2-4-10(15)12-5-7(14)6-13/h1-4,7,13-14H,5-6H2,(H,12,15). The smallest absolute Gasteiger partial charge is 0.244 e. The number of aliphatic hydroxyl groups is 2. The van der Waals surface area contributed by atoms with Gasteiger partial charge in [-0.15, -0.1) is 11.3 Å². The molecule has 0 saturated carbocycles. The van der Waals surface area contributed by atoms with Crippen molar-refractivity contribution in [3.8, 4) is 0 Å². The van der Waals surface area contributed by atoms with Gasteiger partial charge >= 0.3 is 0 Å². The summed E-state index contributed by atoms with van der Waals surface area (Å²) in [5, 5.41) is 20.0. The zero-order valence-electron chi connectivity index (χ0n) is 8.39. The van der Waals surface area contributed by atoms with Crippen molar-refractivity contribution < 1.29 is 15.0 Å². The molecular weight excluding hydrogens is 250 g/mol. The molecule has 0 spiro atoms. The van der Waals surface area contributed by atoms with Gasteiger partial charge in [-0.1, -0.05) is 11.6 Å². The average Bonchev–Trinajstić information content (AvgIpc) is 2.69. The molecule has 1 aromatic rings. The Labute approximate surface area is 102 Å². The van der Waals surface area contributed by atoms with Crippen LogP contribution in [0.3, 0.4) is 0 Å². The first kappa shape index (κ1) is 13.2. The average molecular weight is 262 g/mol. The summed E-state index contributed by atoms with van der Waals surface area (Å²) in [4.78, 5) is 12.1. The molecular formula is C10H12ClNO3S. The van der Waals surface area contributed by atoms with Crippen LogP contribution >= 0.6 is 22.9 Å². The van der Waals surface area contributed by atoms with E-state index in [2.05, 4.69) is 5.32 Å². The number of hydrogen-bond donors (Lipinski definition) is 3. The van der Waals surface area contributed by atoms with Crippen molar-refractivity contribution in [1.82, 2.24) is 5.32 Å². The minimum absolute atomic E-state index is 0.0326. The van der Waals surface area contributed by atoms with E-state index in [0.717, 1.165) is 4.88 Å². The van der Waals surface area contributed by atoms with E-state index in [9.17, 15) is 4.79 Å². The fourth-order valence-electron chi connectivity index (χ4n) is 0.918. The first-order valence-corrected chi connectivity index (χ1v) is 5.81. The number of rotatable bonds is 5. The number of nitrogens with one attached hydrogen (secondary N) is 1. The molecule has 1 unspecified atom stereocenters. The SMILES string of the molecule is O=C(C=Cc1ccc(Cl)s1)NCC(O)CO. The normalized spacial score (nSPS) is 12.9. The molecule has 1 atom stereocenters. The molecule has 88 valence electrons. The summed E-state index contributed by atoms with van der Waals surface area (Å²) in [6.45, 7) is -0.338. The minimum Gasteiger partial charge on any atom is -0.394 e. The van der Waals surface area contributed by atoms with Crippen LogP contribution in [0.4, 0.5) is 0 Å². The molecule has 1 rings (SSSR count). The molecule has 0 aliphatic rings. The number of aliphatic hydroxyl groups excluding tert-OH is 2. The van der Waals surface area contributed by atoms with Gasteiger partial charge in [0.25, 0.3) is 0 Å². The van der Waals surface area contributed by atoms with Gasteiger partial charge in [-0.25, -0.2) is 0 Å². The predicted octanol–water partition coefficient (Wildman–Crippen LogP) is 0.884. The second kappa shape index (κ2) is 6.65. The van der Waals surface area contributed by atoms with Gasteiger partial charge < -0.3 is 15.5 Å². The maximum atomic E-state index is 11.2. The van der Waals surface area contributed by atoms with E-state index in [4.69, 9.17) is 21.8 Å². The Hall–Kier alpha value is -0.880. The first-order chi connectivity index (χ1) is 7.61. The van der Waals surface area contributed by atoms with Crippen molar-refractivity contribution >= 4 is 34.9 Å². The van der Waals surface area contributed by atoms with E-state index in [1.165, 1.54) is 17.4 Å². The van der Waals surface area contributed by atoms with Crippen molar-refractivity contribution in [1.29, 1.82) is 0 Å². The van der Waals surface area contributed by atoms with Gasteiger partial charge in [-0.2, -0.15) is 0 Å². The van der Waals surface area contributed by atoms with Crippen molar-refractivity contribution in [3.05, 3.63) is 27.4 Å². The van der Waals surface area contributed by atoms with Crippen LogP contribution in [0.25, 0.3) is 6.08 Å². The molecule has 1 heterocycles. The van der Waals surface area contributed by atoms with Crippen LogP contribution in [0.1, 0.15) is 4.88 Å². The zero-order valence-corrected chi connectivity index (χ0v) is 9.96. The summed E-state index contributed by atoms with van der Waals surface area (Å²) in [6, 6.07) is 3.55. The molecule has 0 bridgehead atoms. The van der Waals surface area contributed by atoms with Crippen molar-refractivity contribution in [3.63, 3.8) is 0 Å². The summed E-state index contributed by atoms with van der Waals surface area (Å²) in [6.07, 6.45) is 2.07. The largest absolute Gasteiger partial charge is 0.394 e. The Kier molecular flexibility index (Phi) is 5.48. The summed E-state index contributed by atoms with van der Waals surface area (Å²) in [5.41, 5.74) is 0. The highest BCUT2D eigenvalue weighted by Gasteiger charge is 2.02. The summed E-state index contributed by atoms with van der Waals surface area (Å²) in [5.74, 6) is -0.322. The van der Waals surface area contributed by atoms with Crippen molar-refractivity contribution in [2.75, 3.05) is 13.2 Å². The molecule has 0 saturated heterocycles. The highest BCUT2D eigenvalue weighted by molar-refractivity contribution is 7.17. The number of carbonyl (C=O) groups is 1. The van der Waals surface area contributed by atoms with Gasteiger partial charge in [0.1, 0.15) is 0 Å². The van der Waals surface area contributed by atoms with Gasteiger partial charge in [0.05, 0.1) is 17.0 Å². The maximum absolute atomic E-state index is 11.2. The van der Waals surface area contributed by atoms with E-state index < -0.39 is 6.10 Å². The predicted molar refractivity (Wildman–Crippen MR) is 64.5 cm³/mol. The van der Waals surface area contributed by atoms with Gasteiger partial charge in [-0.3, -0.25) is 4.79 Å². The van der Waals surface area contributed by atoms with Crippen LogP contribution < -0.4 is 5.32 Å². The van der Waals surface area contributed by atoms with Crippen LogP contribution in [-0.4, -0.2) is 35.4 Å². The molecule has 1 amide bonds. The summed E-state index contributed by atoms with van der Waals surface area (Å²) >= 11 is 7.09. The number of hydrogen-bond acceptors (Lipinski definition) is 4. The van der Waals surface area contributed by atoms with Crippen molar-refractivity contribution in [2.24, 2.45) is 0 Å². The van der Waals surface area contributed by atoms with Crippen LogP contribution in [0.5, 0.6) is 0 Å². The number of thiophene rings is 1. The zero-order chi connectivity index (χ0) is 12.0. The Morgan fingerprint density at radius 1 is 1.62 bits per heavy atom. The number of carbonyl (C=O) groups excluding carboxylic acids is 1. The van der Waals surface area contributed by atoms with Crippen LogP contribution in [0.15, 0.2) is 18.2 Å². The maximum Gasteiger partial charge on any atom is 0.244 e. The van der Waals surface area contributed by atoms with E-state index in [-0.39, 0.29) is 19.1 Å². The number of amides is 1. The lowest BCUT2D eigenvalue weighted by Gasteiger charge is -2.06. The Balaban J connectivity index is 2.36. The summed E-state index contributed by atoms with van der Waals surface area (Å²) < 4.78 is 0.663. The van der Waals surface area contributed by atoms with Crippen LogP contribution in [0.2, 0.25) is 4.34 Å². The highest BCUT2D eigenvalue weighted by atomic mass is 35.5. The lowest BCUT2D eigenvalue weighted by molar-refractivity contribution is -0.117. The monoisotopic (exact) mass is 261 g/mol. The van der Waals surface area contributed by atoms with Crippen molar-refractivity contribution in [2.45, 2.75) is 6.10 Å². The molecule has 16 heavy (non-hydrogen) atoms. The lowest BCUT2D eigenvalue weighted by atomic mass is 10.3. The molecule has 0 fully saturated rings. The van der Waals surface area contributed by atoms with E-state index in [1.54, 1.807) is 18.2 Å². The second-order valence-corrected chi connectivity index (χ2v) is 4.80. The third-order valence-electron chi connectivity index (χ3n) is 1.72. The molecule has 0 radical (unpaired) electrons. The van der Waals surface area contributed by atoms with Gasteiger partial charge in [0.2, 0.25) is 5.91 Å². The minimum atomic E-state index is -0.923. The van der Waals surface area contributed by atoms with Gasteiger partial charge in [0.15, 0.2) is 0 Å². The topological polar surface area (TPSA) is 69.6 Å². The fourth-order valence-corrected chi connectivity index (χ4v) is 1.88. The first-order valence-electron chi connectivity index (χ1n) is 4.62. The molecule has 4 nitrogen and oxygen atoms in total. The number of halogens is 1. The quantitative estimate of drug-likeness (QED) is 0.690. The molecule has 6 heteroatoms. The second-order valence-electron chi connectivity index (χ2n) is 3.06. The Bertz CT molecular complexity index is 378. The Morgan fingerprint density at radius 2 is 2.38 bits per heavy atom. The van der Waals surface area contributed by atoms with E-state index in [0.29, 0.717) is 4.34 Å². The fraction of sp³-hybridized carbons (Fsp3) is 0.300. The molecule has 3 N–H and O–H groups in total. The van der Waals surface area contributed by atoms with Crippen LogP contribution in [0, 0.1) is 0 Å². The Morgan fingerprint density at radius 3 is 2.94 bits per heavy atom. The van der Waals surface area contributed by atoms with Crippen LogP contribution in [-0.2, 0) is 4.79 Å².